The molecule has 20 heavy (non-hydrogen) atoms. The SMILES string of the molecule is CCOP(=O)(C=C(NC(C)(C)C)N(CC)CC)OCC. The van der Waals surface area contributed by atoms with Gasteiger partial charge in [0.25, 0.3) is 0 Å². The lowest BCUT2D eigenvalue weighted by atomic mass is 10.1. The fraction of sp³-hybridized carbons (Fsp3) is 0.857. The highest BCUT2D eigenvalue weighted by Crippen LogP contribution is 2.50. The standard InChI is InChI=1S/C14H31N2O3P/c1-8-16(9-2)13(15-14(5,6)7)12-20(17,18-10-3)19-11-4/h12,15H,8-11H2,1-7H3. The van der Waals surface area contributed by atoms with Gasteiger partial charge in [-0.3, -0.25) is 4.57 Å². The summed E-state index contributed by atoms with van der Waals surface area (Å²) in [6.07, 6.45) is 0. The van der Waals surface area contributed by atoms with Crippen molar-refractivity contribution in [2.75, 3.05) is 26.3 Å². The minimum atomic E-state index is -3.21. The third-order valence-corrected chi connectivity index (χ3v) is 4.30. The van der Waals surface area contributed by atoms with Crippen molar-refractivity contribution in [2.45, 2.75) is 54.0 Å². The van der Waals surface area contributed by atoms with Gasteiger partial charge in [0.2, 0.25) is 0 Å². The summed E-state index contributed by atoms with van der Waals surface area (Å²) in [6, 6.07) is 0. The Labute approximate surface area is 124 Å². The third-order valence-electron chi connectivity index (χ3n) is 2.51. The van der Waals surface area contributed by atoms with Crippen LogP contribution < -0.4 is 5.32 Å². The zero-order valence-corrected chi connectivity index (χ0v) is 14.9. The summed E-state index contributed by atoms with van der Waals surface area (Å²) < 4.78 is 23.3. The molecule has 0 aliphatic rings. The molecule has 0 aromatic rings. The topological polar surface area (TPSA) is 50.8 Å². The van der Waals surface area contributed by atoms with E-state index in [4.69, 9.17) is 9.05 Å². The fourth-order valence-corrected chi connectivity index (χ4v) is 3.23. The highest BCUT2D eigenvalue weighted by Gasteiger charge is 2.25. The number of hydrogen-bond acceptors (Lipinski definition) is 5. The maximum Gasteiger partial charge on any atom is 0.357 e. The summed E-state index contributed by atoms with van der Waals surface area (Å²) in [4.78, 5) is 2.11. The van der Waals surface area contributed by atoms with Gasteiger partial charge in [-0.05, 0) is 48.5 Å². The largest absolute Gasteiger partial charge is 0.367 e. The number of rotatable bonds is 9. The maximum absolute atomic E-state index is 12.7. The second kappa shape index (κ2) is 8.71. The molecule has 0 unspecified atom stereocenters. The van der Waals surface area contributed by atoms with Gasteiger partial charge in [0.05, 0.1) is 19.0 Å². The highest BCUT2D eigenvalue weighted by atomic mass is 31.2. The molecule has 1 N–H and O–H groups in total. The van der Waals surface area contributed by atoms with E-state index in [2.05, 4.69) is 44.8 Å². The minimum absolute atomic E-state index is 0.127. The zero-order chi connectivity index (χ0) is 15.8. The van der Waals surface area contributed by atoms with Crippen LogP contribution in [-0.2, 0) is 13.6 Å². The van der Waals surface area contributed by atoms with Gasteiger partial charge in [0.1, 0.15) is 5.82 Å². The van der Waals surface area contributed by atoms with Gasteiger partial charge in [-0.2, -0.15) is 0 Å². The number of hydrogen-bond donors (Lipinski definition) is 1. The lowest BCUT2D eigenvalue weighted by Crippen LogP contribution is -2.42. The predicted octanol–water partition coefficient (Wildman–Crippen LogP) is 3.78. The van der Waals surface area contributed by atoms with Crippen LogP contribution in [0.2, 0.25) is 0 Å². The van der Waals surface area contributed by atoms with E-state index in [1.54, 1.807) is 5.82 Å². The molecule has 0 spiro atoms. The molecule has 0 atom stereocenters. The molecule has 0 aliphatic heterocycles. The molecule has 0 heterocycles. The molecular formula is C14H31N2O3P. The van der Waals surface area contributed by atoms with Gasteiger partial charge in [-0.1, -0.05) is 0 Å². The summed E-state index contributed by atoms with van der Waals surface area (Å²) in [5, 5.41) is 3.39. The molecule has 0 fully saturated rings. The van der Waals surface area contributed by atoms with E-state index in [0.717, 1.165) is 18.9 Å². The first kappa shape index (κ1) is 19.5. The molecule has 0 rings (SSSR count). The summed E-state index contributed by atoms with van der Waals surface area (Å²) in [5.41, 5.74) is -0.127. The Morgan fingerprint density at radius 3 is 1.85 bits per heavy atom. The van der Waals surface area contributed by atoms with E-state index in [0.29, 0.717) is 13.2 Å². The van der Waals surface area contributed by atoms with Crippen LogP contribution in [0.25, 0.3) is 0 Å². The second-order valence-electron chi connectivity index (χ2n) is 5.44. The molecule has 0 aliphatic carbocycles. The first-order valence-electron chi connectivity index (χ1n) is 7.36. The lowest BCUT2D eigenvalue weighted by Gasteiger charge is -2.32. The van der Waals surface area contributed by atoms with Crippen molar-refractivity contribution in [3.05, 3.63) is 11.6 Å². The highest BCUT2D eigenvalue weighted by molar-refractivity contribution is 7.57. The van der Waals surface area contributed by atoms with Gasteiger partial charge in [0, 0.05) is 18.6 Å². The molecule has 0 radical (unpaired) electrons. The van der Waals surface area contributed by atoms with Crippen LogP contribution in [-0.4, -0.2) is 36.7 Å². The minimum Gasteiger partial charge on any atom is -0.367 e. The summed E-state index contributed by atoms with van der Waals surface area (Å²) in [5.74, 6) is 2.41. The van der Waals surface area contributed by atoms with Crippen molar-refractivity contribution < 1.29 is 13.6 Å². The van der Waals surface area contributed by atoms with Crippen LogP contribution >= 0.6 is 7.60 Å². The van der Waals surface area contributed by atoms with E-state index in [9.17, 15) is 4.57 Å². The van der Waals surface area contributed by atoms with Crippen LogP contribution in [0, 0.1) is 0 Å². The van der Waals surface area contributed by atoms with Crippen LogP contribution in [0.3, 0.4) is 0 Å². The molecule has 0 aromatic heterocycles. The van der Waals surface area contributed by atoms with E-state index in [1.165, 1.54) is 0 Å². The molecule has 6 heteroatoms. The van der Waals surface area contributed by atoms with Crippen molar-refractivity contribution in [3.63, 3.8) is 0 Å². The first-order valence-corrected chi connectivity index (χ1v) is 8.97. The first-order chi connectivity index (χ1) is 9.21. The number of nitrogens with one attached hydrogen (secondary N) is 1. The summed E-state index contributed by atoms with van der Waals surface area (Å²) in [6.45, 7) is 16.3. The quantitative estimate of drug-likeness (QED) is 0.657. The number of nitrogens with zero attached hydrogens (tertiary/aromatic N) is 1. The summed E-state index contributed by atoms with van der Waals surface area (Å²) in [7, 11) is -3.21. The van der Waals surface area contributed by atoms with E-state index >= 15 is 0 Å². The molecule has 0 bridgehead atoms. The van der Waals surface area contributed by atoms with Crippen LogP contribution in [0.5, 0.6) is 0 Å². The van der Waals surface area contributed by atoms with Crippen LogP contribution in [0.4, 0.5) is 0 Å². The fourth-order valence-electron chi connectivity index (χ4n) is 1.76. The smallest absolute Gasteiger partial charge is 0.357 e. The van der Waals surface area contributed by atoms with Crippen molar-refractivity contribution >= 4 is 7.60 Å². The van der Waals surface area contributed by atoms with Crippen LogP contribution in [0.15, 0.2) is 11.6 Å². The van der Waals surface area contributed by atoms with Gasteiger partial charge < -0.3 is 19.3 Å². The molecule has 0 saturated heterocycles. The zero-order valence-electron chi connectivity index (χ0n) is 14.0. The summed E-state index contributed by atoms with van der Waals surface area (Å²) >= 11 is 0. The molecular weight excluding hydrogens is 275 g/mol. The van der Waals surface area contributed by atoms with Crippen LogP contribution in [0.1, 0.15) is 48.5 Å². The Morgan fingerprint density at radius 2 is 1.55 bits per heavy atom. The molecule has 0 aromatic carbocycles. The Bertz CT molecular complexity index is 337. The Kier molecular flexibility index (Phi) is 8.48. The van der Waals surface area contributed by atoms with Crippen molar-refractivity contribution in [3.8, 4) is 0 Å². The molecule has 5 nitrogen and oxygen atoms in total. The van der Waals surface area contributed by atoms with Gasteiger partial charge >= 0.3 is 7.60 Å². The van der Waals surface area contributed by atoms with Crippen molar-refractivity contribution in [1.82, 2.24) is 10.2 Å². The van der Waals surface area contributed by atoms with Gasteiger partial charge in [0.15, 0.2) is 0 Å². The molecule has 0 saturated carbocycles. The van der Waals surface area contributed by atoms with Crippen molar-refractivity contribution in [1.29, 1.82) is 0 Å². The normalized spacial score (nSPS) is 13.4. The predicted molar refractivity (Wildman–Crippen MR) is 84.8 cm³/mol. The van der Waals surface area contributed by atoms with Gasteiger partial charge in [-0.25, -0.2) is 0 Å². The lowest BCUT2D eigenvalue weighted by molar-refractivity contribution is 0.226. The Morgan fingerprint density at radius 1 is 1.10 bits per heavy atom. The average molecular weight is 306 g/mol. The van der Waals surface area contributed by atoms with Gasteiger partial charge in [-0.15, -0.1) is 0 Å². The monoisotopic (exact) mass is 306 g/mol. The van der Waals surface area contributed by atoms with E-state index in [1.807, 2.05) is 13.8 Å². The second-order valence-corrected chi connectivity index (χ2v) is 7.29. The maximum atomic E-state index is 12.7. The third kappa shape index (κ3) is 7.32. The Balaban J connectivity index is 5.44. The molecule has 0 amide bonds. The van der Waals surface area contributed by atoms with E-state index in [-0.39, 0.29) is 5.54 Å². The van der Waals surface area contributed by atoms with E-state index < -0.39 is 7.60 Å². The Hall–Kier alpha value is -0.510. The van der Waals surface area contributed by atoms with Crippen molar-refractivity contribution in [2.24, 2.45) is 0 Å². The average Bonchev–Trinajstić information content (AvgIpc) is 2.28. The molecule has 120 valence electrons.